The smallest absolute Gasteiger partial charge is 0.135 e. The van der Waals surface area contributed by atoms with Crippen molar-refractivity contribution in [1.82, 2.24) is 4.90 Å². The van der Waals surface area contributed by atoms with E-state index in [2.05, 4.69) is 17.9 Å². The van der Waals surface area contributed by atoms with Gasteiger partial charge in [-0.15, -0.1) is 12.6 Å². The van der Waals surface area contributed by atoms with Gasteiger partial charge in [0.15, 0.2) is 0 Å². The van der Waals surface area contributed by atoms with Gasteiger partial charge in [0, 0.05) is 10.7 Å². The van der Waals surface area contributed by atoms with Crippen LogP contribution >= 0.6 is 36.4 Å². The summed E-state index contributed by atoms with van der Waals surface area (Å²) in [4.78, 5) is 2.00. The molecule has 2 nitrogen and oxygen atoms in total. The fraction of sp³-hybridized carbons (Fsp3) is 0.364. The average molecular weight is 277 g/mol. The van der Waals surface area contributed by atoms with Crippen molar-refractivity contribution in [2.75, 3.05) is 26.5 Å². The summed E-state index contributed by atoms with van der Waals surface area (Å²) in [6, 6.07) is 5.55. The van der Waals surface area contributed by atoms with Crippen molar-refractivity contribution in [2.24, 2.45) is 0 Å². The number of benzene rings is 1. The molecular weight excluding hydrogens is 260 g/mol. The number of thiocarbonyl (C=S) groups is 1. The van der Waals surface area contributed by atoms with E-state index in [0.717, 1.165) is 16.3 Å². The highest BCUT2D eigenvalue weighted by atomic mass is 35.5. The number of thiol groups is 1. The number of hydrogen-bond donors (Lipinski definition) is 2. The van der Waals surface area contributed by atoms with E-state index in [4.69, 9.17) is 23.8 Å². The predicted octanol–water partition coefficient (Wildman–Crippen LogP) is 3.45. The Hall–Kier alpha value is -0.290. The quantitative estimate of drug-likeness (QED) is 0.604. The van der Waals surface area contributed by atoms with Gasteiger partial charge in [-0.25, -0.2) is 0 Å². The molecule has 0 amide bonds. The van der Waals surface area contributed by atoms with Crippen LogP contribution in [0.4, 0.5) is 5.69 Å². The summed E-state index contributed by atoms with van der Waals surface area (Å²) in [5.74, 6) is 0. The van der Waals surface area contributed by atoms with E-state index in [-0.39, 0.29) is 0 Å². The Morgan fingerprint density at radius 3 is 2.25 bits per heavy atom. The molecule has 0 spiro atoms. The highest BCUT2D eigenvalue weighted by Gasteiger charge is 1.98. The minimum atomic E-state index is 0.459. The van der Waals surface area contributed by atoms with Crippen LogP contribution in [-0.2, 0) is 0 Å². The third-order valence-corrected chi connectivity index (χ3v) is 1.88. The molecule has 0 fully saturated rings. The van der Waals surface area contributed by atoms with E-state index in [1.807, 2.05) is 51.2 Å². The van der Waals surface area contributed by atoms with Gasteiger partial charge in [-0.3, -0.25) is 0 Å². The Bertz CT molecular complexity index is 351. The van der Waals surface area contributed by atoms with Crippen LogP contribution in [0.3, 0.4) is 0 Å². The molecule has 0 aromatic heterocycles. The fourth-order valence-corrected chi connectivity index (χ4v) is 1.34. The van der Waals surface area contributed by atoms with E-state index in [1.54, 1.807) is 0 Å². The molecule has 1 aromatic rings. The zero-order chi connectivity index (χ0) is 12.7. The molecule has 0 atom stereocenters. The number of nitrogens with one attached hydrogen (secondary N) is 1. The predicted molar refractivity (Wildman–Crippen MR) is 81.0 cm³/mol. The monoisotopic (exact) mass is 276 g/mol. The highest BCUT2D eigenvalue weighted by Crippen LogP contribution is 2.19. The first-order valence-corrected chi connectivity index (χ1v) is 5.93. The van der Waals surface area contributed by atoms with Crippen LogP contribution in [0.25, 0.3) is 0 Å². The molecule has 0 heterocycles. The van der Waals surface area contributed by atoms with E-state index < -0.39 is 0 Å². The highest BCUT2D eigenvalue weighted by molar-refractivity contribution is 8.11. The molecule has 16 heavy (non-hydrogen) atoms. The van der Waals surface area contributed by atoms with E-state index in [0.29, 0.717) is 4.32 Å². The average Bonchev–Trinajstić information content (AvgIpc) is 2.08. The van der Waals surface area contributed by atoms with Crippen LogP contribution in [-0.4, -0.2) is 30.4 Å². The maximum atomic E-state index is 5.77. The fourth-order valence-electron chi connectivity index (χ4n) is 0.883. The third-order valence-electron chi connectivity index (χ3n) is 1.43. The summed E-state index contributed by atoms with van der Waals surface area (Å²) in [6.45, 7) is 1.96. The molecule has 0 saturated carbocycles. The lowest BCUT2D eigenvalue weighted by molar-refractivity contribution is 0.505. The molecule has 0 aliphatic rings. The molecule has 0 aliphatic heterocycles. The first-order chi connectivity index (χ1) is 7.32. The molecule has 0 radical (unpaired) electrons. The Morgan fingerprint density at radius 2 is 1.88 bits per heavy atom. The lowest BCUT2D eigenvalue weighted by atomic mass is 10.2. The second-order valence-corrected chi connectivity index (χ2v) is 5.33. The Kier molecular flexibility index (Phi) is 7.76. The van der Waals surface area contributed by atoms with Gasteiger partial charge in [-0.1, -0.05) is 23.8 Å². The Labute approximate surface area is 113 Å². The van der Waals surface area contributed by atoms with Gasteiger partial charge in [0.2, 0.25) is 0 Å². The number of halogens is 1. The molecule has 0 bridgehead atoms. The normalized spacial score (nSPS) is 9.44. The number of hydrogen-bond acceptors (Lipinski definition) is 2. The van der Waals surface area contributed by atoms with Crippen molar-refractivity contribution in [1.29, 1.82) is 0 Å². The second kappa shape index (κ2) is 7.90. The summed E-state index contributed by atoms with van der Waals surface area (Å²) < 4.78 is 0.459. The Morgan fingerprint density at radius 1 is 1.38 bits per heavy atom. The largest absolute Gasteiger partial charge is 0.341 e. The van der Waals surface area contributed by atoms with Crippen molar-refractivity contribution in [3.8, 4) is 0 Å². The minimum absolute atomic E-state index is 0.459. The summed E-state index contributed by atoms with van der Waals surface area (Å²) in [5.41, 5.74) is 2.00. The van der Waals surface area contributed by atoms with Gasteiger partial charge < -0.3 is 10.2 Å². The van der Waals surface area contributed by atoms with Gasteiger partial charge in [0.25, 0.3) is 0 Å². The second-order valence-electron chi connectivity index (χ2n) is 3.73. The molecule has 0 unspecified atom stereocenters. The first kappa shape index (κ1) is 15.7. The topological polar surface area (TPSA) is 15.3 Å². The molecule has 1 rings (SSSR count). The van der Waals surface area contributed by atoms with Gasteiger partial charge in [0.1, 0.15) is 4.32 Å². The number of anilines is 1. The third kappa shape index (κ3) is 7.93. The lowest BCUT2D eigenvalue weighted by Gasteiger charge is -2.06. The summed E-state index contributed by atoms with van der Waals surface area (Å²) >= 11 is 14.5. The summed E-state index contributed by atoms with van der Waals surface area (Å²) in [5, 5.41) is 3.66. The van der Waals surface area contributed by atoms with Crippen molar-refractivity contribution in [3.05, 3.63) is 28.8 Å². The van der Waals surface area contributed by atoms with E-state index in [9.17, 15) is 0 Å². The molecule has 0 saturated heterocycles. The van der Waals surface area contributed by atoms with Crippen LogP contribution in [0.15, 0.2) is 18.2 Å². The molecule has 1 N–H and O–H groups in total. The molecular formula is C11H17ClN2S2. The van der Waals surface area contributed by atoms with Crippen molar-refractivity contribution < 1.29 is 0 Å². The van der Waals surface area contributed by atoms with Gasteiger partial charge >= 0.3 is 0 Å². The minimum Gasteiger partial charge on any atom is -0.341 e. The maximum absolute atomic E-state index is 5.77. The lowest BCUT2D eigenvalue weighted by Crippen LogP contribution is -2.02. The van der Waals surface area contributed by atoms with Crippen LogP contribution < -0.4 is 5.32 Å². The first-order valence-electron chi connectivity index (χ1n) is 4.70. The number of rotatable bonds is 1. The summed E-state index contributed by atoms with van der Waals surface area (Å²) in [7, 11) is 6.00. The van der Waals surface area contributed by atoms with Crippen molar-refractivity contribution in [2.45, 2.75) is 6.92 Å². The van der Waals surface area contributed by atoms with Gasteiger partial charge in [-0.05, 0) is 51.8 Å². The number of nitrogens with zero attached hydrogens (tertiary/aromatic N) is 1. The summed E-state index contributed by atoms with van der Waals surface area (Å²) in [6.07, 6.45) is 0. The Balaban J connectivity index is 0.000000487. The van der Waals surface area contributed by atoms with E-state index in [1.165, 1.54) is 0 Å². The van der Waals surface area contributed by atoms with Crippen molar-refractivity contribution >= 4 is 46.5 Å². The van der Waals surface area contributed by atoms with Crippen LogP contribution in [0.2, 0.25) is 5.02 Å². The zero-order valence-electron chi connectivity index (χ0n) is 9.91. The molecule has 1 aromatic carbocycles. The SMILES string of the molecule is CN(C)C.Cc1cc(Cl)ccc1NC(=S)S. The molecule has 5 heteroatoms. The zero-order valence-corrected chi connectivity index (χ0v) is 12.4. The van der Waals surface area contributed by atoms with Crippen molar-refractivity contribution in [3.63, 3.8) is 0 Å². The standard InChI is InChI=1S/C8H8ClNS2.C3H9N/c1-5-4-6(9)2-3-7(5)10-8(11)12;1-4(2)3/h2-4H,1H3,(H2,10,11,12);1-3H3. The van der Waals surface area contributed by atoms with Gasteiger partial charge in [0.05, 0.1) is 0 Å². The maximum Gasteiger partial charge on any atom is 0.135 e. The van der Waals surface area contributed by atoms with Gasteiger partial charge in [-0.2, -0.15) is 0 Å². The van der Waals surface area contributed by atoms with Crippen LogP contribution in [0.1, 0.15) is 5.56 Å². The number of aryl methyl sites for hydroxylation is 1. The molecule has 90 valence electrons. The van der Waals surface area contributed by atoms with Crippen LogP contribution in [0.5, 0.6) is 0 Å². The molecule has 0 aliphatic carbocycles. The van der Waals surface area contributed by atoms with E-state index >= 15 is 0 Å². The van der Waals surface area contributed by atoms with Crippen LogP contribution in [0, 0.1) is 6.92 Å².